The molecule has 2 radical (unpaired) electrons. The minimum atomic E-state index is 0.106. The Balaban J connectivity index is 3.00. The van der Waals surface area contributed by atoms with Crippen LogP contribution in [0.15, 0.2) is 30.8 Å². The fourth-order valence-corrected chi connectivity index (χ4v) is 0.969. The first-order chi connectivity index (χ1) is 5.24. The van der Waals surface area contributed by atoms with Crippen LogP contribution in [0.2, 0.25) is 0 Å². The van der Waals surface area contributed by atoms with Crippen LogP contribution in [-0.2, 0) is 0 Å². The van der Waals surface area contributed by atoms with Gasteiger partial charge >= 0.3 is 0 Å². The monoisotopic (exact) mass is 142 g/mol. The molecule has 0 fully saturated rings. The third-order valence-corrected chi connectivity index (χ3v) is 1.67. The van der Waals surface area contributed by atoms with Gasteiger partial charge in [-0.1, -0.05) is 55.2 Å². The van der Waals surface area contributed by atoms with E-state index in [1.165, 1.54) is 0 Å². The molecule has 0 N–H and O–H groups in total. The Labute approximate surface area is 69.4 Å². The van der Waals surface area contributed by atoms with Gasteiger partial charge in [0.1, 0.15) is 0 Å². The van der Waals surface area contributed by atoms with Crippen molar-refractivity contribution >= 4 is 13.9 Å². The molecule has 54 valence electrons. The first kappa shape index (κ1) is 8.12. The molecule has 1 aromatic carbocycles. The van der Waals surface area contributed by atoms with E-state index in [2.05, 4.69) is 12.6 Å². The molecular formula is C10H11B. The summed E-state index contributed by atoms with van der Waals surface area (Å²) >= 11 is 0. The van der Waals surface area contributed by atoms with Gasteiger partial charge in [-0.3, -0.25) is 0 Å². The summed E-state index contributed by atoms with van der Waals surface area (Å²) in [5.41, 5.74) is 2.28. The molecule has 1 unspecified atom stereocenters. The van der Waals surface area contributed by atoms with Gasteiger partial charge < -0.3 is 0 Å². The Morgan fingerprint density at radius 3 is 2.82 bits per heavy atom. The Hall–Kier alpha value is -0.975. The van der Waals surface area contributed by atoms with Crippen molar-refractivity contribution in [1.29, 1.82) is 0 Å². The second kappa shape index (κ2) is 3.43. The van der Waals surface area contributed by atoms with Crippen LogP contribution in [0.4, 0.5) is 0 Å². The molecule has 0 aliphatic heterocycles. The van der Waals surface area contributed by atoms with E-state index in [0.717, 1.165) is 11.1 Å². The molecule has 0 heterocycles. The lowest BCUT2D eigenvalue weighted by Crippen LogP contribution is -1.91. The molecule has 0 bridgehead atoms. The van der Waals surface area contributed by atoms with Crippen molar-refractivity contribution < 1.29 is 0 Å². The second-order valence-corrected chi connectivity index (χ2v) is 2.66. The van der Waals surface area contributed by atoms with Crippen LogP contribution in [0.5, 0.6) is 0 Å². The summed E-state index contributed by atoms with van der Waals surface area (Å²) in [5.74, 6) is 0.106. The lowest BCUT2D eigenvalue weighted by atomic mass is 9.82. The molecule has 0 spiro atoms. The summed E-state index contributed by atoms with van der Waals surface area (Å²) < 4.78 is 0. The van der Waals surface area contributed by atoms with E-state index in [9.17, 15) is 0 Å². The van der Waals surface area contributed by atoms with Crippen molar-refractivity contribution in [2.75, 3.05) is 0 Å². The molecule has 0 aromatic heterocycles. The average Bonchev–Trinajstić information content (AvgIpc) is 2.05. The minimum absolute atomic E-state index is 0.106. The van der Waals surface area contributed by atoms with Gasteiger partial charge in [-0.25, -0.2) is 0 Å². The lowest BCUT2D eigenvalue weighted by Gasteiger charge is -2.05. The van der Waals surface area contributed by atoms with Gasteiger partial charge in [0.2, 0.25) is 0 Å². The topological polar surface area (TPSA) is 0 Å². The zero-order chi connectivity index (χ0) is 8.27. The van der Waals surface area contributed by atoms with Crippen LogP contribution in [0.3, 0.4) is 0 Å². The van der Waals surface area contributed by atoms with Crippen molar-refractivity contribution in [2.45, 2.75) is 12.7 Å². The SMILES string of the molecule is [B]C(C)c1cccc(C=C)c1. The molecule has 1 heteroatoms. The quantitative estimate of drug-likeness (QED) is 0.556. The predicted octanol–water partition coefficient (Wildman–Crippen LogP) is 2.56. The minimum Gasteiger partial charge on any atom is -0.0985 e. The summed E-state index contributed by atoms with van der Waals surface area (Å²) in [6, 6.07) is 8.09. The van der Waals surface area contributed by atoms with Gasteiger partial charge in [0.15, 0.2) is 0 Å². The molecular weight excluding hydrogens is 131 g/mol. The highest BCUT2D eigenvalue weighted by atomic mass is 14.0. The fourth-order valence-electron chi connectivity index (χ4n) is 0.969. The van der Waals surface area contributed by atoms with E-state index in [4.69, 9.17) is 7.85 Å². The van der Waals surface area contributed by atoms with E-state index < -0.39 is 0 Å². The smallest absolute Gasteiger partial charge is 0.0759 e. The number of hydrogen-bond acceptors (Lipinski definition) is 0. The largest absolute Gasteiger partial charge is 0.0985 e. The summed E-state index contributed by atoms with van der Waals surface area (Å²) in [6.45, 7) is 5.66. The van der Waals surface area contributed by atoms with Gasteiger partial charge in [-0.05, 0) is 5.56 Å². The van der Waals surface area contributed by atoms with Crippen molar-refractivity contribution in [3.05, 3.63) is 42.0 Å². The Morgan fingerprint density at radius 1 is 1.55 bits per heavy atom. The van der Waals surface area contributed by atoms with E-state index >= 15 is 0 Å². The van der Waals surface area contributed by atoms with Crippen LogP contribution >= 0.6 is 0 Å². The zero-order valence-corrected chi connectivity index (χ0v) is 6.75. The maximum Gasteiger partial charge on any atom is 0.0759 e. The highest BCUT2D eigenvalue weighted by Gasteiger charge is 1.96. The van der Waals surface area contributed by atoms with Crippen LogP contribution in [0.25, 0.3) is 6.08 Å². The van der Waals surface area contributed by atoms with Gasteiger partial charge in [0, 0.05) is 0 Å². The zero-order valence-electron chi connectivity index (χ0n) is 6.75. The van der Waals surface area contributed by atoms with Crippen molar-refractivity contribution in [3.63, 3.8) is 0 Å². The Morgan fingerprint density at radius 2 is 2.27 bits per heavy atom. The molecule has 0 aliphatic carbocycles. The highest BCUT2D eigenvalue weighted by molar-refractivity contribution is 6.12. The van der Waals surface area contributed by atoms with E-state index in [-0.39, 0.29) is 5.82 Å². The van der Waals surface area contributed by atoms with Gasteiger partial charge in [0.25, 0.3) is 0 Å². The predicted molar refractivity (Wildman–Crippen MR) is 50.7 cm³/mol. The summed E-state index contributed by atoms with van der Waals surface area (Å²) in [4.78, 5) is 0. The molecule has 0 nitrogen and oxygen atoms in total. The third kappa shape index (κ3) is 1.97. The van der Waals surface area contributed by atoms with Crippen LogP contribution in [0, 0.1) is 0 Å². The average molecular weight is 142 g/mol. The standard InChI is InChI=1S/C10H11B/c1-3-9-5-4-6-10(7-9)8(2)11/h3-8H,1H2,2H3. The van der Waals surface area contributed by atoms with Crippen molar-refractivity contribution in [3.8, 4) is 0 Å². The lowest BCUT2D eigenvalue weighted by molar-refractivity contribution is 1.08. The molecule has 1 aromatic rings. The normalized spacial score (nSPS) is 12.5. The summed E-state index contributed by atoms with van der Waals surface area (Å²) in [7, 11) is 5.70. The first-order valence-corrected chi connectivity index (χ1v) is 3.72. The molecule has 1 atom stereocenters. The summed E-state index contributed by atoms with van der Waals surface area (Å²) in [6.07, 6.45) is 1.83. The van der Waals surface area contributed by atoms with Crippen LogP contribution in [-0.4, -0.2) is 7.85 Å². The van der Waals surface area contributed by atoms with E-state index in [1.807, 2.05) is 31.2 Å². The van der Waals surface area contributed by atoms with Gasteiger partial charge in [-0.2, -0.15) is 0 Å². The number of benzene rings is 1. The van der Waals surface area contributed by atoms with Crippen LogP contribution < -0.4 is 0 Å². The maximum absolute atomic E-state index is 5.70. The summed E-state index contributed by atoms with van der Waals surface area (Å²) in [5, 5.41) is 0. The molecule has 0 amide bonds. The third-order valence-electron chi connectivity index (χ3n) is 1.67. The van der Waals surface area contributed by atoms with Crippen molar-refractivity contribution in [2.24, 2.45) is 0 Å². The van der Waals surface area contributed by atoms with E-state index in [1.54, 1.807) is 0 Å². The highest BCUT2D eigenvalue weighted by Crippen LogP contribution is 2.13. The van der Waals surface area contributed by atoms with Crippen molar-refractivity contribution in [1.82, 2.24) is 0 Å². The fraction of sp³-hybridized carbons (Fsp3) is 0.200. The van der Waals surface area contributed by atoms with E-state index in [0.29, 0.717) is 0 Å². The Bertz CT molecular complexity index is 251. The number of hydrogen-bond donors (Lipinski definition) is 0. The number of rotatable bonds is 2. The molecule has 11 heavy (non-hydrogen) atoms. The van der Waals surface area contributed by atoms with Crippen LogP contribution in [0.1, 0.15) is 23.9 Å². The molecule has 0 saturated heterocycles. The first-order valence-electron chi connectivity index (χ1n) is 3.72. The maximum atomic E-state index is 5.70. The molecule has 1 rings (SSSR count). The molecule has 0 aliphatic rings. The van der Waals surface area contributed by atoms with Gasteiger partial charge in [-0.15, -0.1) is 0 Å². The van der Waals surface area contributed by atoms with Gasteiger partial charge in [0.05, 0.1) is 7.85 Å². The Kier molecular flexibility index (Phi) is 2.53. The molecule has 0 saturated carbocycles. The second-order valence-electron chi connectivity index (χ2n) is 2.66.